The zero-order chi connectivity index (χ0) is 15.4. The highest BCUT2D eigenvalue weighted by atomic mass is 79.9. The molecule has 4 heteroatoms. The van der Waals surface area contributed by atoms with E-state index in [-0.39, 0.29) is 0 Å². The lowest BCUT2D eigenvalue weighted by molar-refractivity contribution is 0.536. The van der Waals surface area contributed by atoms with E-state index < -0.39 is 0 Å². The van der Waals surface area contributed by atoms with Crippen LogP contribution in [0.15, 0.2) is 32.5 Å². The number of benzene rings is 1. The van der Waals surface area contributed by atoms with Crippen LogP contribution >= 0.6 is 43.2 Å². The SMILES string of the molecule is CCCNC(Cc1ccc(C)c(C)c1)c1cc(Br)c(Br)s1. The fraction of sp³-hybridized carbons (Fsp3) is 0.412. The van der Waals surface area contributed by atoms with Gasteiger partial charge < -0.3 is 5.32 Å². The van der Waals surface area contributed by atoms with Gasteiger partial charge in [0.25, 0.3) is 0 Å². The third kappa shape index (κ3) is 4.65. The van der Waals surface area contributed by atoms with E-state index in [0.29, 0.717) is 6.04 Å². The van der Waals surface area contributed by atoms with Crippen LogP contribution in [0.4, 0.5) is 0 Å². The summed E-state index contributed by atoms with van der Waals surface area (Å²) in [6.45, 7) is 7.61. The molecule has 1 nitrogen and oxygen atoms in total. The number of rotatable bonds is 6. The van der Waals surface area contributed by atoms with Gasteiger partial charge in [-0.05, 0) is 87.9 Å². The van der Waals surface area contributed by atoms with Crippen molar-refractivity contribution in [2.75, 3.05) is 6.54 Å². The Labute approximate surface area is 148 Å². The third-order valence-corrected chi connectivity index (χ3v) is 7.03. The second-order valence-electron chi connectivity index (χ2n) is 5.40. The van der Waals surface area contributed by atoms with Crippen molar-refractivity contribution in [2.45, 2.75) is 39.7 Å². The minimum absolute atomic E-state index is 0.375. The monoisotopic (exact) mass is 429 g/mol. The van der Waals surface area contributed by atoms with Crippen LogP contribution in [0.1, 0.15) is 41.0 Å². The van der Waals surface area contributed by atoms with Crippen molar-refractivity contribution < 1.29 is 0 Å². The van der Waals surface area contributed by atoms with Gasteiger partial charge >= 0.3 is 0 Å². The summed E-state index contributed by atoms with van der Waals surface area (Å²) in [5, 5.41) is 3.68. The minimum atomic E-state index is 0.375. The maximum Gasteiger partial charge on any atom is 0.0843 e. The van der Waals surface area contributed by atoms with Gasteiger partial charge in [-0.15, -0.1) is 11.3 Å². The lowest BCUT2D eigenvalue weighted by atomic mass is 10.00. The van der Waals surface area contributed by atoms with Gasteiger partial charge in [-0.3, -0.25) is 0 Å². The first-order valence-electron chi connectivity index (χ1n) is 7.25. The van der Waals surface area contributed by atoms with Crippen molar-refractivity contribution >= 4 is 43.2 Å². The second-order valence-corrected chi connectivity index (χ2v) is 8.66. The standard InChI is InChI=1S/C17H21Br2NS/c1-4-7-20-15(16-10-14(18)17(19)21-16)9-13-6-5-11(2)12(3)8-13/h5-6,8,10,15,20H,4,7,9H2,1-3H3. The van der Waals surface area contributed by atoms with Crippen LogP contribution in [0.5, 0.6) is 0 Å². The average molecular weight is 431 g/mol. The Hall–Kier alpha value is -0.160. The van der Waals surface area contributed by atoms with E-state index in [0.717, 1.165) is 23.9 Å². The van der Waals surface area contributed by atoms with Gasteiger partial charge in [0.05, 0.1) is 3.79 Å². The summed E-state index contributed by atoms with van der Waals surface area (Å²) < 4.78 is 2.31. The van der Waals surface area contributed by atoms with Crippen LogP contribution in [0.2, 0.25) is 0 Å². The smallest absolute Gasteiger partial charge is 0.0843 e. The van der Waals surface area contributed by atoms with Crippen LogP contribution in [-0.4, -0.2) is 6.54 Å². The molecular weight excluding hydrogens is 410 g/mol. The molecule has 0 aliphatic carbocycles. The Balaban J connectivity index is 2.21. The molecule has 1 N–H and O–H groups in total. The minimum Gasteiger partial charge on any atom is -0.309 e. The van der Waals surface area contributed by atoms with Crippen LogP contribution in [0, 0.1) is 13.8 Å². The zero-order valence-electron chi connectivity index (χ0n) is 12.7. The molecule has 0 aliphatic heterocycles. The molecule has 1 atom stereocenters. The number of hydrogen-bond donors (Lipinski definition) is 1. The predicted molar refractivity (Wildman–Crippen MR) is 100 cm³/mol. The van der Waals surface area contributed by atoms with Gasteiger partial charge in [0.1, 0.15) is 0 Å². The number of halogens is 2. The van der Waals surface area contributed by atoms with E-state index in [9.17, 15) is 0 Å². The summed E-state index contributed by atoms with van der Waals surface area (Å²) in [6.07, 6.45) is 2.18. The number of hydrogen-bond acceptors (Lipinski definition) is 2. The first kappa shape index (κ1) is 17.2. The number of aryl methyl sites for hydroxylation is 2. The molecule has 0 saturated carbocycles. The highest BCUT2D eigenvalue weighted by Crippen LogP contribution is 2.36. The molecule has 0 amide bonds. The molecule has 0 spiro atoms. The molecule has 0 saturated heterocycles. The molecule has 0 bridgehead atoms. The molecule has 0 fully saturated rings. The summed E-state index contributed by atoms with van der Waals surface area (Å²) in [4.78, 5) is 1.38. The number of nitrogens with one attached hydrogen (secondary N) is 1. The summed E-state index contributed by atoms with van der Waals surface area (Å²) >= 11 is 9.00. The zero-order valence-corrected chi connectivity index (χ0v) is 16.7. The molecular formula is C17H21Br2NS. The van der Waals surface area contributed by atoms with Crippen molar-refractivity contribution in [3.05, 3.63) is 54.1 Å². The summed E-state index contributed by atoms with van der Waals surface area (Å²) in [5.41, 5.74) is 4.13. The summed E-state index contributed by atoms with van der Waals surface area (Å²) in [6, 6.07) is 9.39. The summed E-state index contributed by atoms with van der Waals surface area (Å²) in [5.74, 6) is 0. The Morgan fingerprint density at radius 1 is 1.14 bits per heavy atom. The number of thiophene rings is 1. The quantitative estimate of drug-likeness (QED) is 0.577. The largest absolute Gasteiger partial charge is 0.309 e. The van der Waals surface area contributed by atoms with Crippen molar-refractivity contribution in [1.29, 1.82) is 0 Å². The van der Waals surface area contributed by atoms with Crippen LogP contribution in [0.25, 0.3) is 0 Å². The lowest BCUT2D eigenvalue weighted by Crippen LogP contribution is -2.23. The van der Waals surface area contributed by atoms with Crippen molar-refractivity contribution in [2.24, 2.45) is 0 Å². The average Bonchev–Trinajstić information content (AvgIpc) is 2.78. The Kier molecular flexibility index (Phi) is 6.48. The summed E-state index contributed by atoms with van der Waals surface area (Å²) in [7, 11) is 0. The fourth-order valence-electron chi connectivity index (χ4n) is 2.29. The second kappa shape index (κ2) is 7.91. The van der Waals surface area contributed by atoms with Gasteiger partial charge in [0, 0.05) is 15.4 Å². The van der Waals surface area contributed by atoms with E-state index in [1.807, 2.05) is 0 Å². The molecule has 1 unspecified atom stereocenters. The van der Waals surface area contributed by atoms with Crippen molar-refractivity contribution in [1.82, 2.24) is 5.32 Å². The third-order valence-electron chi connectivity index (χ3n) is 3.66. The van der Waals surface area contributed by atoms with Gasteiger partial charge in [0.2, 0.25) is 0 Å². The van der Waals surface area contributed by atoms with E-state index in [1.54, 1.807) is 11.3 Å². The maximum absolute atomic E-state index is 3.68. The van der Waals surface area contributed by atoms with Gasteiger partial charge in [-0.25, -0.2) is 0 Å². The Morgan fingerprint density at radius 3 is 2.48 bits per heavy atom. The van der Waals surface area contributed by atoms with Crippen LogP contribution < -0.4 is 5.32 Å². The van der Waals surface area contributed by atoms with Crippen molar-refractivity contribution in [3.8, 4) is 0 Å². The molecule has 1 aromatic carbocycles. The normalized spacial score (nSPS) is 12.6. The van der Waals surface area contributed by atoms with Crippen LogP contribution in [0.3, 0.4) is 0 Å². The van der Waals surface area contributed by atoms with E-state index in [2.05, 4.69) is 82.2 Å². The van der Waals surface area contributed by atoms with Gasteiger partial charge in [-0.2, -0.15) is 0 Å². The Bertz CT molecular complexity index is 587. The fourth-order valence-corrected chi connectivity index (χ4v) is 4.46. The molecule has 1 heterocycles. The highest BCUT2D eigenvalue weighted by molar-refractivity contribution is 9.13. The first-order chi connectivity index (χ1) is 10.0. The van der Waals surface area contributed by atoms with Crippen molar-refractivity contribution in [3.63, 3.8) is 0 Å². The maximum atomic E-state index is 3.68. The first-order valence-corrected chi connectivity index (χ1v) is 9.65. The predicted octanol–water partition coefficient (Wildman–Crippen LogP) is 6.17. The molecule has 0 radical (unpaired) electrons. The van der Waals surface area contributed by atoms with E-state index >= 15 is 0 Å². The molecule has 2 rings (SSSR count). The lowest BCUT2D eigenvalue weighted by Gasteiger charge is -2.18. The molecule has 2 aromatic rings. The van der Waals surface area contributed by atoms with E-state index in [1.165, 1.54) is 25.4 Å². The van der Waals surface area contributed by atoms with Gasteiger partial charge in [0.15, 0.2) is 0 Å². The molecule has 0 aliphatic rings. The molecule has 21 heavy (non-hydrogen) atoms. The Morgan fingerprint density at radius 2 is 1.90 bits per heavy atom. The molecule has 1 aromatic heterocycles. The molecule has 114 valence electrons. The van der Waals surface area contributed by atoms with E-state index in [4.69, 9.17) is 0 Å². The van der Waals surface area contributed by atoms with Crippen LogP contribution in [-0.2, 0) is 6.42 Å². The highest BCUT2D eigenvalue weighted by Gasteiger charge is 2.16. The van der Waals surface area contributed by atoms with Gasteiger partial charge in [-0.1, -0.05) is 25.1 Å². The topological polar surface area (TPSA) is 12.0 Å².